The number of nitrogens with zero attached hydrogens (tertiary/aromatic N) is 1. The molecule has 0 aliphatic carbocycles. The van der Waals surface area contributed by atoms with Crippen molar-refractivity contribution in [2.75, 3.05) is 0 Å². The smallest absolute Gasteiger partial charge is 0.315 e. The van der Waals surface area contributed by atoms with Crippen molar-refractivity contribution in [3.05, 3.63) is 71.0 Å². The zero-order valence-electron chi connectivity index (χ0n) is 20.0. The molecule has 0 saturated carbocycles. The fourth-order valence-electron chi connectivity index (χ4n) is 4.26. The number of ketones is 1. The second kappa shape index (κ2) is 11.1. The Kier molecular flexibility index (Phi) is 8.26. The summed E-state index contributed by atoms with van der Waals surface area (Å²) in [6.45, 7) is 6.76. The van der Waals surface area contributed by atoms with Gasteiger partial charge in [-0.1, -0.05) is 50.2 Å². The first kappa shape index (κ1) is 25.2. The van der Waals surface area contributed by atoms with Crippen molar-refractivity contribution in [3.8, 4) is 0 Å². The summed E-state index contributed by atoms with van der Waals surface area (Å²) in [4.78, 5) is 29.5. The summed E-state index contributed by atoms with van der Waals surface area (Å²) in [5.41, 5.74) is 8.20. The molecule has 5 N–H and O–H groups in total. The fraction of sp³-hybridized carbons (Fsp3) is 0.423. The Morgan fingerprint density at radius 3 is 2.18 bits per heavy atom. The molecular formula is C26H34FN5O2. The van der Waals surface area contributed by atoms with Crippen molar-refractivity contribution in [1.82, 2.24) is 16.0 Å². The third-order valence-electron chi connectivity index (χ3n) is 5.89. The highest BCUT2D eigenvalue weighted by molar-refractivity contribution is 5.95. The number of nitrogens with two attached hydrogens (primary N) is 1. The summed E-state index contributed by atoms with van der Waals surface area (Å²) in [5, 5.41) is 8.69. The maximum absolute atomic E-state index is 12.9. The second-order valence-electron chi connectivity index (χ2n) is 9.53. The number of guanidine groups is 1. The van der Waals surface area contributed by atoms with E-state index in [1.807, 2.05) is 31.2 Å². The number of halogens is 1. The van der Waals surface area contributed by atoms with Crippen LogP contribution in [-0.4, -0.2) is 29.4 Å². The van der Waals surface area contributed by atoms with Gasteiger partial charge in [-0.3, -0.25) is 4.79 Å². The van der Waals surface area contributed by atoms with Gasteiger partial charge in [0.25, 0.3) is 0 Å². The van der Waals surface area contributed by atoms with Crippen molar-refractivity contribution in [2.45, 2.75) is 64.7 Å². The minimum Gasteiger partial charge on any atom is -0.370 e. The normalized spacial score (nSPS) is 20.3. The van der Waals surface area contributed by atoms with Crippen LogP contribution in [0.4, 0.5) is 9.18 Å². The van der Waals surface area contributed by atoms with Crippen molar-refractivity contribution in [1.29, 1.82) is 0 Å². The van der Waals surface area contributed by atoms with Gasteiger partial charge in [0.15, 0.2) is 11.7 Å². The molecule has 8 heteroatoms. The van der Waals surface area contributed by atoms with E-state index in [1.165, 1.54) is 12.1 Å². The topological polar surface area (TPSA) is 109 Å². The summed E-state index contributed by atoms with van der Waals surface area (Å²) in [5.74, 6) is 0.491. The van der Waals surface area contributed by atoms with E-state index in [0.717, 1.165) is 16.7 Å². The van der Waals surface area contributed by atoms with Crippen LogP contribution in [0.2, 0.25) is 0 Å². The summed E-state index contributed by atoms with van der Waals surface area (Å²) >= 11 is 0. The number of urea groups is 1. The Hall–Kier alpha value is -3.42. The number of amides is 2. The van der Waals surface area contributed by atoms with Crippen LogP contribution in [0.5, 0.6) is 0 Å². The van der Waals surface area contributed by atoms with E-state index in [-0.39, 0.29) is 23.7 Å². The molecule has 2 amide bonds. The van der Waals surface area contributed by atoms with Gasteiger partial charge in [-0.15, -0.1) is 0 Å². The molecule has 2 aromatic rings. The molecule has 2 unspecified atom stereocenters. The lowest BCUT2D eigenvalue weighted by Gasteiger charge is -2.30. The minimum atomic E-state index is -0.691. The van der Waals surface area contributed by atoms with Crippen LogP contribution in [0.15, 0.2) is 53.5 Å². The number of Topliss-reactive ketones (excluding diaryl/α,β-unsaturated/α-hetero) is 1. The maximum atomic E-state index is 12.9. The molecule has 1 heterocycles. The standard InChI is InChI=1S/C26H34FN5O2/c1-17(2)14-26(3)23(33)13-22(31-24(28)32-26)12-18-4-6-19(7-5-18)15-29-25(34)30-16-20-8-10-21(27)11-9-20/h4-11,17,22H,12-16H2,1-3H3,(H3,28,31,32)(H2,29,30,34). The first-order chi connectivity index (χ1) is 16.1. The van der Waals surface area contributed by atoms with Crippen LogP contribution in [0.1, 0.15) is 50.3 Å². The molecule has 2 aromatic carbocycles. The molecule has 0 bridgehead atoms. The van der Waals surface area contributed by atoms with E-state index in [2.05, 4.69) is 34.8 Å². The average molecular weight is 468 g/mol. The quantitative estimate of drug-likeness (QED) is 0.477. The fourth-order valence-corrected chi connectivity index (χ4v) is 4.26. The number of aliphatic imine (C=N–C) groups is 1. The minimum absolute atomic E-state index is 0.128. The molecule has 0 radical (unpaired) electrons. The number of carbonyl (C=O) groups is 2. The van der Waals surface area contributed by atoms with Crippen LogP contribution in [0.25, 0.3) is 0 Å². The highest BCUT2D eigenvalue weighted by Crippen LogP contribution is 2.24. The molecule has 3 rings (SSSR count). The van der Waals surface area contributed by atoms with Gasteiger partial charge in [-0.25, -0.2) is 14.2 Å². The summed E-state index contributed by atoms with van der Waals surface area (Å²) in [6.07, 6.45) is 1.65. The van der Waals surface area contributed by atoms with Crippen LogP contribution in [-0.2, 0) is 24.3 Å². The molecule has 1 aliphatic heterocycles. The number of nitrogens with one attached hydrogen (secondary N) is 3. The summed E-state index contributed by atoms with van der Waals surface area (Å²) < 4.78 is 12.9. The Morgan fingerprint density at radius 2 is 1.62 bits per heavy atom. The van der Waals surface area contributed by atoms with Gasteiger partial charge in [0.2, 0.25) is 0 Å². The van der Waals surface area contributed by atoms with Crippen molar-refractivity contribution < 1.29 is 14.0 Å². The molecule has 0 saturated heterocycles. The zero-order valence-corrected chi connectivity index (χ0v) is 20.0. The van der Waals surface area contributed by atoms with Crippen LogP contribution >= 0.6 is 0 Å². The summed E-state index contributed by atoms with van der Waals surface area (Å²) in [7, 11) is 0. The van der Waals surface area contributed by atoms with E-state index in [9.17, 15) is 14.0 Å². The van der Waals surface area contributed by atoms with E-state index < -0.39 is 5.54 Å². The third kappa shape index (κ3) is 7.30. The average Bonchev–Trinajstić information content (AvgIpc) is 2.87. The Labute approximate surface area is 200 Å². The number of hydrogen-bond donors (Lipinski definition) is 4. The molecule has 0 aromatic heterocycles. The van der Waals surface area contributed by atoms with Crippen molar-refractivity contribution in [2.24, 2.45) is 16.6 Å². The third-order valence-corrected chi connectivity index (χ3v) is 5.89. The van der Waals surface area contributed by atoms with Crippen LogP contribution in [0, 0.1) is 11.7 Å². The van der Waals surface area contributed by atoms with Gasteiger partial charge in [0.05, 0.1) is 11.6 Å². The zero-order chi connectivity index (χ0) is 24.7. The number of benzene rings is 2. The van der Waals surface area contributed by atoms with Gasteiger partial charge in [-0.05, 0) is 54.5 Å². The van der Waals surface area contributed by atoms with Crippen LogP contribution in [0.3, 0.4) is 0 Å². The molecule has 0 spiro atoms. The monoisotopic (exact) mass is 467 g/mol. The molecule has 34 heavy (non-hydrogen) atoms. The highest BCUT2D eigenvalue weighted by atomic mass is 19.1. The van der Waals surface area contributed by atoms with Crippen molar-refractivity contribution in [3.63, 3.8) is 0 Å². The van der Waals surface area contributed by atoms with Crippen LogP contribution < -0.4 is 21.7 Å². The number of rotatable bonds is 8. The lowest BCUT2D eigenvalue weighted by atomic mass is 9.84. The van der Waals surface area contributed by atoms with E-state index in [0.29, 0.717) is 44.2 Å². The van der Waals surface area contributed by atoms with Gasteiger partial charge in [0, 0.05) is 19.5 Å². The van der Waals surface area contributed by atoms with Gasteiger partial charge < -0.3 is 21.7 Å². The first-order valence-corrected chi connectivity index (χ1v) is 11.6. The van der Waals surface area contributed by atoms with Gasteiger partial charge >= 0.3 is 6.03 Å². The van der Waals surface area contributed by atoms with Crippen molar-refractivity contribution >= 4 is 17.8 Å². The largest absolute Gasteiger partial charge is 0.370 e. The Bertz CT molecular complexity index is 1020. The predicted octanol–water partition coefficient (Wildman–Crippen LogP) is 3.42. The van der Waals surface area contributed by atoms with Gasteiger partial charge in [0.1, 0.15) is 5.82 Å². The lowest BCUT2D eigenvalue weighted by molar-refractivity contribution is -0.125. The SMILES string of the molecule is CC(C)CC1(C)NC(N)=NC(Cc2ccc(CNC(=O)NCc3ccc(F)cc3)cc2)CC1=O. The molecule has 2 atom stereocenters. The second-order valence-corrected chi connectivity index (χ2v) is 9.53. The summed E-state index contributed by atoms with van der Waals surface area (Å²) in [6, 6.07) is 13.3. The predicted molar refractivity (Wildman–Crippen MR) is 132 cm³/mol. The molecule has 1 aliphatic rings. The van der Waals surface area contributed by atoms with E-state index in [4.69, 9.17) is 5.73 Å². The molecule has 7 nitrogen and oxygen atoms in total. The maximum Gasteiger partial charge on any atom is 0.315 e. The number of carbonyl (C=O) groups excluding carboxylic acids is 2. The lowest BCUT2D eigenvalue weighted by Crippen LogP contribution is -2.54. The van der Waals surface area contributed by atoms with Gasteiger partial charge in [-0.2, -0.15) is 0 Å². The first-order valence-electron chi connectivity index (χ1n) is 11.6. The Balaban J connectivity index is 1.49. The molecule has 0 fully saturated rings. The Morgan fingerprint density at radius 1 is 1.09 bits per heavy atom. The molecule has 182 valence electrons. The van der Waals surface area contributed by atoms with E-state index >= 15 is 0 Å². The number of hydrogen-bond acceptors (Lipinski definition) is 5. The highest BCUT2D eigenvalue weighted by Gasteiger charge is 2.37. The molecular weight excluding hydrogens is 433 g/mol. The van der Waals surface area contributed by atoms with E-state index in [1.54, 1.807) is 12.1 Å².